The Morgan fingerprint density at radius 3 is 2.56 bits per heavy atom. The molecule has 2 heterocycles. The molecule has 0 radical (unpaired) electrons. The van der Waals surface area contributed by atoms with Crippen molar-refractivity contribution in [2.24, 2.45) is 5.10 Å². The highest BCUT2D eigenvalue weighted by Crippen LogP contribution is 2.48. The van der Waals surface area contributed by atoms with Crippen LogP contribution in [0.25, 0.3) is 0 Å². The quantitative estimate of drug-likeness (QED) is 0.558. The van der Waals surface area contributed by atoms with Gasteiger partial charge in [0.2, 0.25) is 6.23 Å². The van der Waals surface area contributed by atoms with Crippen molar-refractivity contribution < 1.29 is 4.74 Å². The third-order valence-electron chi connectivity index (χ3n) is 5.22. The number of fused-ring (bicyclic) bond motifs is 3. The number of halogens is 1. The van der Waals surface area contributed by atoms with Gasteiger partial charge in [0.05, 0.1) is 11.8 Å². The highest BCUT2D eigenvalue weighted by molar-refractivity contribution is 6.30. The summed E-state index contributed by atoms with van der Waals surface area (Å²) in [4.78, 5) is 0. The number of benzene rings is 3. The molecule has 134 valence electrons. The minimum Gasteiger partial charge on any atom is -0.464 e. The molecule has 0 saturated heterocycles. The van der Waals surface area contributed by atoms with Crippen molar-refractivity contribution in [3.63, 3.8) is 0 Å². The van der Waals surface area contributed by atoms with Gasteiger partial charge in [-0.15, -0.1) is 0 Å². The van der Waals surface area contributed by atoms with Crippen LogP contribution in [0, 0.1) is 6.92 Å². The standard InChI is InChI=1S/C23H19ClN2O/c1-15-7-9-17(10-8-15)23-26-21(19-13-18(24)11-12-22(19)27-23)14-20(25-26)16-5-3-2-4-6-16/h2-13,21,23H,14H2,1H3/t21-,23+/m0/s1. The molecule has 27 heavy (non-hydrogen) atoms. The Kier molecular flexibility index (Phi) is 3.91. The highest BCUT2D eigenvalue weighted by Gasteiger charge is 2.41. The largest absolute Gasteiger partial charge is 0.464 e. The summed E-state index contributed by atoms with van der Waals surface area (Å²) in [6.45, 7) is 2.09. The minimum absolute atomic E-state index is 0.119. The number of hydrogen-bond acceptors (Lipinski definition) is 3. The van der Waals surface area contributed by atoms with Crippen molar-refractivity contribution in [3.05, 3.63) is 100 Å². The van der Waals surface area contributed by atoms with Gasteiger partial charge in [0.25, 0.3) is 0 Å². The average Bonchev–Trinajstić information content (AvgIpc) is 3.15. The van der Waals surface area contributed by atoms with Crippen LogP contribution in [0.4, 0.5) is 0 Å². The first kappa shape index (κ1) is 16.4. The number of hydrogen-bond donors (Lipinski definition) is 0. The summed E-state index contributed by atoms with van der Waals surface area (Å²) in [6.07, 6.45) is 0.591. The van der Waals surface area contributed by atoms with E-state index in [1.165, 1.54) is 5.56 Å². The lowest BCUT2D eigenvalue weighted by Crippen LogP contribution is -2.33. The fraction of sp³-hybridized carbons (Fsp3) is 0.174. The maximum atomic E-state index is 6.37. The molecule has 2 atom stereocenters. The SMILES string of the molecule is Cc1ccc([C@H]2Oc3ccc(Cl)cc3[C@@H]3CC(c4ccccc4)=NN23)cc1. The fourth-order valence-electron chi connectivity index (χ4n) is 3.81. The normalized spacial score (nSPS) is 20.5. The first-order chi connectivity index (χ1) is 13.2. The molecular formula is C23H19ClN2O. The summed E-state index contributed by atoms with van der Waals surface area (Å²) in [5.74, 6) is 0.885. The van der Waals surface area contributed by atoms with Crippen LogP contribution in [-0.4, -0.2) is 10.7 Å². The van der Waals surface area contributed by atoms with E-state index < -0.39 is 0 Å². The molecule has 0 bridgehead atoms. The Hall–Kier alpha value is -2.78. The van der Waals surface area contributed by atoms with Crippen LogP contribution >= 0.6 is 11.6 Å². The molecule has 5 rings (SSSR count). The van der Waals surface area contributed by atoms with Gasteiger partial charge < -0.3 is 4.74 Å². The van der Waals surface area contributed by atoms with Crippen molar-refractivity contribution in [2.75, 3.05) is 0 Å². The van der Waals surface area contributed by atoms with Crippen LogP contribution in [0.15, 0.2) is 77.9 Å². The summed E-state index contributed by atoms with van der Waals surface area (Å²) in [5, 5.41) is 7.78. The molecule has 0 aliphatic carbocycles. The van der Waals surface area contributed by atoms with Crippen LogP contribution in [-0.2, 0) is 0 Å². The van der Waals surface area contributed by atoms with Crippen LogP contribution in [0.2, 0.25) is 5.02 Å². The van der Waals surface area contributed by atoms with Gasteiger partial charge in [0.1, 0.15) is 5.75 Å². The molecule has 3 aromatic carbocycles. The molecule has 3 nitrogen and oxygen atoms in total. The van der Waals surface area contributed by atoms with E-state index >= 15 is 0 Å². The van der Waals surface area contributed by atoms with Crippen molar-refractivity contribution in [1.29, 1.82) is 0 Å². The molecule has 2 aliphatic rings. The maximum absolute atomic E-state index is 6.37. The molecule has 2 aliphatic heterocycles. The van der Waals surface area contributed by atoms with Gasteiger partial charge in [-0.05, 0) is 30.7 Å². The second-order valence-corrected chi connectivity index (χ2v) is 7.51. The smallest absolute Gasteiger partial charge is 0.213 e. The van der Waals surface area contributed by atoms with Crippen LogP contribution in [0.1, 0.15) is 40.9 Å². The van der Waals surface area contributed by atoms with E-state index in [1.54, 1.807) is 0 Å². The Bertz CT molecular complexity index is 1010. The monoisotopic (exact) mass is 374 g/mol. The van der Waals surface area contributed by atoms with Gasteiger partial charge in [-0.25, -0.2) is 5.01 Å². The first-order valence-corrected chi connectivity index (χ1v) is 9.51. The molecule has 0 unspecified atom stereocenters. The van der Waals surface area contributed by atoms with E-state index in [0.717, 1.165) is 39.6 Å². The van der Waals surface area contributed by atoms with Crippen LogP contribution < -0.4 is 4.74 Å². The van der Waals surface area contributed by atoms with Crippen LogP contribution in [0.3, 0.4) is 0 Å². The van der Waals surface area contributed by atoms with Crippen molar-refractivity contribution in [2.45, 2.75) is 25.6 Å². The Morgan fingerprint density at radius 2 is 1.78 bits per heavy atom. The number of nitrogens with zero attached hydrogens (tertiary/aromatic N) is 2. The molecule has 0 spiro atoms. The van der Waals surface area contributed by atoms with Gasteiger partial charge in [-0.2, -0.15) is 5.10 Å². The van der Waals surface area contributed by atoms with E-state index in [1.807, 2.05) is 36.4 Å². The molecular weight excluding hydrogens is 356 g/mol. The van der Waals surface area contributed by atoms with E-state index in [9.17, 15) is 0 Å². The predicted octanol–water partition coefficient (Wildman–Crippen LogP) is 5.89. The van der Waals surface area contributed by atoms with Gasteiger partial charge in [-0.3, -0.25) is 0 Å². The lowest BCUT2D eigenvalue weighted by atomic mass is 9.96. The zero-order valence-corrected chi connectivity index (χ0v) is 15.7. The zero-order chi connectivity index (χ0) is 18.4. The summed E-state index contributed by atoms with van der Waals surface area (Å²) >= 11 is 6.28. The molecule has 0 amide bonds. The van der Waals surface area contributed by atoms with Gasteiger partial charge in [0, 0.05) is 22.6 Å². The Labute approximate surface area is 163 Å². The summed E-state index contributed by atoms with van der Waals surface area (Å²) in [5.41, 5.74) is 5.66. The van der Waals surface area contributed by atoms with E-state index in [-0.39, 0.29) is 12.3 Å². The molecule has 4 heteroatoms. The number of rotatable bonds is 2. The maximum Gasteiger partial charge on any atom is 0.213 e. The second kappa shape index (κ2) is 6.43. The summed E-state index contributed by atoms with van der Waals surface area (Å²) < 4.78 is 6.37. The molecule has 0 saturated carbocycles. The number of aryl methyl sites for hydroxylation is 1. The lowest BCUT2D eigenvalue weighted by molar-refractivity contribution is -0.0190. The van der Waals surface area contributed by atoms with E-state index in [4.69, 9.17) is 21.4 Å². The number of hydrazone groups is 1. The second-order valence-electron chi connectivity index (χ2n) is 7.08. The van der Waals surface area contributed by atoms with Gasteiger partial charge in [-0.1, -0.05) is 71.8 Å². The number of ether oxygens (including phenoxy) is 1. The summed E-state index contributed by atoms with van der Waals surface area (Å²) in [6, 6.07) is 24.8. The topological polar surface area (TPSA) is 24.8 Å². The minimum atomic E-state index is -0.245. The van der Waals surface area contributed by atoms with Gasteiger partial charge >= 0.3 is 0 Å². The van der Waals surface area contributed by atoms with E-state index in [2.05, 4.69) is 48.3 Å². The highest BCUT2D eigenvalue weighted by atomic mass is 35.5. The zero-order valence-electron chi connectivity index (χ0n) is 15.0. The molecule has 0 N–H and O–H groups in total. The molecule has 0 fully saturated rings. The summed E-state index contributed by atoms with van der Waals surface area (Å²) in [7, 11) is 0. The van der Waals surface area contributed by atoms with Crippen LogP contribution in [0.5, 0.6) is 5.75 Å². The fourth-order valence-corrected chi connectivity index (χ4v) is 3.99. The Balaban J connectivity index is 1.61. The lowest BCUT2D eigenvalue weighted by Gasteiger charge is -2.38. The predicted molar refractivity (Wildman–Crippen MR) is 108 cm³/mol. The van der Waals surface area contributed by atoms with Crippen molar-refractivity contribution >= 4 is 17.3 Å². The third-order valence-corrected chi connectivity index (χ3v) is 5.46. The molecule has 0 aromatic heterocycles. The van der Waals surface area contributed by atoms with E-state index in [0.29, 0.717) is 0 Å². The molecule has 3 aromatic rings. The van der Waals surface area contributed by atoms with Crippen molar-refractivity contribution in [1.82, 2.24) is 5.01 Å². The third kappa shape index (κ3) is 2.88. The van der Waals surface area contributed by atoms with Gasteiger partial charge in [0.15, 0.2) is 0 Å². The first-order valence-electron chi connectivity index (χ1n) is 9.13. The average molecular weight is 375 g/mol. The van der Waals surface area contributed by atoms with Crippen molar-refractivity contribution in [3.8, 4) is 5.75 Å². The Morgan fingerprint density at radius 1 is 1.00 bits per heavy atom.